The molecule has 0 aromatic carbocycles. The fourth-order valence-corrected chi connectivity index (χ4v) is 1.57. The number of hydrogen-bond acceptors (Lipinski definition) is 1. The molecule has 0 aromatic heterocycles. The Kier molecular flexibility index (Phi) is 3.51. The van der Waals surface area contributed by atoms with Gasteiger partial charge in [-0.2, -0.15) is 0 Å². The van der Waals surface area contributed by atoms with E-state index in [0.717, 1.165) is 19.3 Å². The van der Waals surface area contributed by atoms with Crippen LogP contribution in [0.3, 0.4) is 0 Å². The second-order valence-electron chi connectivity index (χ2n) is 3.95. The Morgan fingerprint density at radius 2 is 2.17 bits per heavy atom. The maximum atomic E-state index is 11.4. The van der Waals surface area contributed by atoms with E-state index in [1.54, 1.807) is 0 Å². The molecule has 0 aromatic rings. The zero-order valence-corrected chi connectivity index (χ0v) is 8.05. The van der Waals surface area contributed by atoms with Crippen LogP contribution in [0.15, 0.2) is 12.2 Å². The van der Waals surface area contributed by atoms with E-state index in [1.807, 2.05) is 0 Å². The van der Waals surface area contributed by atoms with Gasteiger partial charge in [0.2, 0.25) is 0 Å². The summed E-state index contributed by atoms with van der Waals surface area (Å²) in [4.78, 5) is 11.4. The molecule has 12 heavy (non-hydrogen) atoms. The summed E-state index contributed by atoms with van der Waals surface area (Å²) >= 11 is 0. The van der Waals surface area contributed by atoms with Crippen molar-refractivity contribution in [3.8, 4) is 0 Å². The lowest BCUT2D eigenvalue weighted by Gasteiger charge is -2.16. The summed E-state index contributed by atoms with van der Waals surface area (Å²) in [5.74, 6) is 1.25. The van der Waals surface area contributed by atoms with Crippen LogP contribution in [0.2, 0.25) is 0 Å². The van der Waals surface area contributed by atoms with E-state index >= 15 is 0 Å². The molecule has 1 heteroatoms. The van der Waals surface area contributed by atoms with Crippen molar-refractivity contribution in [3.63, 3.8) is 0 Å². The second-order valence-corrected chi connectivity index (χ2v) is 3.95. The fourth-order valence-electron chi connectivity index (χ4n) is 1.57. The van der Waals surface area contributed by atoms with Crippen molar-refractivity contribution in [1.82, 2.24) is 0 Å². The van der Waals surface area contributed by atoms with Crippen molar-refractivity contribution in [2.45, 2.75) is 39.5 Å². The van der Waals surface area contributed by atoms with Crippen molar-refractivity contribution < 1.29 is 4.79 Å². The minimum Gasteiger partial charge on any atom is -0.299 e. The lowest BCUT2D eigenvalue weighted by Crippen LogP contribution is -2.16. The largest absolute Gasteiger partial charge is 0.299 e. The van der Waals surface area contributed by atoms with Crippen LogP contribution in [0, 0.1) is 11.8 Å². The molecule has 1 aliphatic carbocycles. The summed E-state index contributed by atoms with van der Waals surface area (Å²) in [6.45, 7) is 4.29. The Bertz CT molecular complexity index is 179. The first kappa shape index (κ1) is 9.50. The number of Topliss-reactive ketones (excluding diaryl/α,β-unsaturated/α-hetero) is 1. The molecule has 68 valence electrons. The minimum atomic E-state index is 0.237. The molecule has 0 N–H and O–H groups in total. The highest BCUT2D eigenvalue weighted by molar-refractivity contribution is 5.83. The normalized spacial score (nSPS) is 25.6. The van der Waals surface area contributed by atoms with Crippen molar-refractivity contribution in [1.29, 1.82) is 0 Å². The monoisotopic (exact) mass is 166 g/mol. The Labute approximate surface area is 74.9 Å². The first-order valence-electron chi connectivity index (χ1n) is 4.91. The third-order valence-corrected chi connectivity index (χ3v) is 2.33. The van der Waals surface area contributed by atoms with Gasteiger partial charge in [-0.1, -0.05) is 32.4 Å². The topological polar surface area (TPSA) is 17.1 Å². The van der Waals surface area contributed by atoms with E-state index in [1.165, 1.54) is 6.42 Å². The van der Waals surface area contributed by atoms with Gasteiger partial charge in [-0.15, -0.1) is 0 Å². The van der Waals surface area contributed by atoms with Gasteiger partial charge in [0, 0.05) is 12.3 Å². The highest BCUT2D eigenvalue weighted by Crippen LogP contribution is 2.21. The van der Waals surface area contributed by atoms with Crippen LogP contribution in [-0.4, -0.2) is 5.78 Å². The van der Waals surface area contributed by atoms with E-state index in [2.05, 4.69) is 26.0 Å². The third-order valence-electron chi connectivity index (χ3n) is 2.33. The number of allylic oxidation sites excluding steroid dienone is 2. The Morgan fingerprint density at radius 1 is 1.42 bits per heavy atom. The first-order valence-corrected chi connectivity index (χ1v) is 4.91. The molecule has 1 aliphatic rings. The quantitative estimate of drug-likeness (QED) is 0.576. The third kappa shape index (κ3) is 2.80. The van der Waals surface area contributed by atoms with E-state index < -0.39 is 0 Å². The maximum absolute atomic E-state index is 11.4. The van der Waals surface area contributed by atoms with Gasteiger partial charge in [-0.05, 0) is 18.8 Å². The Balaban J connectivity index is 2.44. The highest BCUT2D eigenvalue weighted by atomic mass is 16.1. The molecule has 0 aliphatic heterocycles. The average molecular weight is 166 g/mol. The van der Waals surface area contributed by atoms with Crippen molar-refractivity contribution in [2.75, 3.05) is 0 Å². The lowest BCUT2D eigenvalue weighted by molar-refractivity contribution is -0.122. The molecule has 0 amide bonds. The molecule has 0 spiro atoms. The molecule has 0 radical (unpaired) electrons. The average Bonchev–Trinajstić information content (AvgIpc) is 2.03. The Morgan fingerprint density at radius 3 is 2.75 bits per heavy atom. The molecule has 0 heterocycles. The molecule has 1 rings (SSSR count). The lowest BCUT2D eigenvalue weighted by atomic mass is 9.87. The molecule has 0 saturated heterocycles. The predicted molar refractivity (Wildman–Crippen MR) is 50.9 cm³/mol. The molecule has 1 unspecified atom stereocenters. The number of rotatable bonds is 2. The van der Waals surface area contributed by atoms with Crippen LogP contribution in [0.5, 0.6) is 0 Å². The minimum absolute atomic E-state index is 0.237. The SMILES string of the molecule is CC(C)/C=C/C1CCCCC1=O. The van der Waals surface area contributed by atoms with E-state index in [9.17, 15) is 4.79 Å². The smallest absolute Gasteiger partial charge is 0.139 e. The molecule has 1 fully saturated rings. The fraction of sp³-hybridized carbons (Fsp3) is 0.727. The van der Waals surface area contributed by atoms with Crippen LogP contribution < -0.4 is 0 Å². The van der Waals surface area contributed by atoms with Gasteiger partial charge in [-0.25, -0.2) is 0 Å². The molecule has 0 bridgehead atoms. The molecular formula is C11H18O. The van der Waals surface area contributed by atoms with Gasteiger partial charge in [0.15, 0.2) is 0 Å². The standard InChI is InChI=1S/C11H18O/c1-9(2)7-8-10-5-3-4-6-11(10)12/h7-10H,3-6H2,1-2H3/b8-7+. The summed E-state index contributed by atoms with van der Waals surface area (Å²) in [6, 6.07) is 0. The number of carbonyl (C=O) groups is 1. The first-order chi connectivity index (χ1) is 5.70. The van der Waals surface area contributed by atoms with Crippen molar-refractivity contribution >= 4 is 5.78 Å². The number of carbonyl (C=O) groups excluding carboxylic acids is 1. The van der Waals surface area contributed by atoms with Crippen molar-refractivity contribution in [3.05, 3.63) is 12.2 Å². The molecule has 1 nitrogen and oxygen atoms in total. The van der Waals surface area contributed by atoms with Crippen LogP contribution >= 0.6 is 0 Å². The summed E-state index contributed by atoms with van der Waals surface area (Å²) < 4.78 is 0. The van der Waals surface area contributed by atoms with Gasteiger partial charge in [0.05, 0.1) is 0 Å². The summed E-state index contributed by atoms with van der Waals surface area (Å²) in [6.07, 6.45) is 8.44. The zero-order chi connectivity index (χ0) is 8.97. The molecular weight excluding hydrogens is 148 g/mol. The maximum Gasteiger partial charge on any atom is 0.139 e. The summed E-state index contributed by atoms with van der Waals surface area (Å²) in [5, 5.41) is 0. The predicted octanol–water partition coefficient (Wildman–Crippen LogP) is 2.96. The summed E-state index contributed by atoms with van der Waals surface area (Å²) in [7, 11) is 0. The molecule has 1 saturated carbocycles. The van der Waals surface area contributed by atoms with Gasteiger partial charge >= 0.3 is 0 Å². The van der Waals surface area contributed by atoms with Crippen LogP contribution in [-0.2, 0) is 4.79 Å². The van der Waals surface area contributed by atoms with Crippen LogP contribution in [0.4, 0.5) is 0 Å². The Hall–Kier alpha value is -0.590. The van der Waals surface area contributed by atoms with Crippen LogP contribution in [0.1, 0.15) is 39.5 Å². The van der Waals surface area contributed by atoms with Gasteiger partial charge in [-0.3, -0.25) is 4.79 Å². The second kappa shape index (κ2) is 4.44. The van der Waals surface area contributed by atoms with Crippen LogP contribution in [0.25, 0.3) is 0 Å². The van der Waals surface area contributed by atoms with Crippen molar-refractivity contribution in [2.24, 2.45) is 11.8 Å². The van der Waals surface area contributed by atoms with E-state index in [-0.39, 0.29) is 5.92 Å². The van der Waals surface area contributed by atoms with Gasteiger partial charge < -0.3 is 0 Å². The zero-order valence-electron chi connectivity index (χ0n) is 8.05. The van der Waals surface area contributed by atoms with E-state index in [0.29, 0.717) is 11.7 Å². The summed E-state index contributed by atoms with van der Waals surface area (Å²) in [5.41, 5.74) is 0. The number of hydrogen-bond donors (Lipinski definition) is 0. The number of ketones is 1. The van der Waals surface area contributed by atoms with E-state index in [4.69, 9.17) is 0 Å². The van der Waals surface area contributed by atoms with Gasteiger partial charge in [0.1, 0.15) is 5.78 Å². The highest BCUT2D eigenvalue weighted by Gasteiger charge is 2.18. The molecule has 1 atom stereocenters. The van der Waals surface area contributed by atoms with Gasteiger partial charge in [0.25, 0.3) is 0 Å².